The van der Waals surface area contributed by atoms with E-state index in [0.717, 1.165) is 64.1 Å². The number of esters is 1. The van der Waals surface area contributed by atoms with Gasteiger partial charge in [0.1, 0.15) is 17.4 Å². The van der Waals surface area contributed by atoms with Gasteiger partial charge in [-0.05, 0) is 87.9 Å². The van der Waals surface area contributed by atoms with Gasteiger partial charge in [-0.2, -0.15) is 0 Å². The highest BCUT2D eigenvalue weighted by molar-refractivity contribution is 6.38. The number of likely N-dealkylation sites (tertiary alicyclic amines) is 1. The van der Waals surface area contributed by atoms with Gasteiger partial charge in [-0.15, -0.1) is 0 Å². The fourth-order valence-electron chi connectivity index (χ4n) is 10.3. The van der Waals surface area contributed by atoms with Crippen LogP contribution < -0.4 is 21.3 Å². The van der Waals surface area contributed by atoms with Gasteiger partial charge in [-0.3, -0.25) is 24.0 Å². The number of carbonyl (C=O) groups excluding carboxylic acids is 7. The van der Waals surface area contributed by atoms with E-state index < -0.39 is 57.7 Å². The molecule has 5 fully saturated rings. The number of amides is 5. The van der Waals surface area contributed by atoms with Gasteiger partial charge in [-0.25, -0.2) is 4.79 Å². The van der Waals surface area contributed by atoms with Crippen LogP contribution in [-0.4, -0.2) is 89.0 Å². The minimum absolute atomic E-state index is 0.0761. The van der Waals surface area contributed by atoms with Gasteiger partial charge < -0.3 is 35.7 Å². The summed E-state index contributed by atoms with van der Waals surface area (Å²) in [7, 11) is 0. The summed E-state index contributed by atoms with van der Waals surface area (Å²) < 4.78 is 5.28. The molecular weight excluding hydrogens is 702 g/mol. The van der Waals surface area contributed by atoms with Gasteiger partial charge in [0.25, 0.3) is 5.91 Å². The topological polar surface area (TPSA) is 180 Å². The number of piperidine rings is 2. The highest BCUT2D eigenvalue weighted by Crippen LogP contribution is 2.91. The summed E-state index contributed by atoms with van der Waals surface area (Å²) in [4.78, 5) is 93.8. The molecule has 4 saturated carbocycles. The van der Waals surface area contributed by atoms with E-state index in [0.29, 0.717) is 19.4 Å². The average Bonchev–Trinajstić information content (AvgIpc) is 4.03. The van der Waals surface area contributed by atoms with Crippen molar-refractivity contribution in [2.24, 2.45) is 39.9 Å². The number of urea groups is 1. The quantitative estimate of drug-likeness (QED) is 0.0942. The molecule has 13 heteroatoms. The van der Waals surface area contributed by atoms with E-state index in [4.69, 9.17) is 4.74 Å². The second kappa shape index (κ2) is 15.4. The number of ether oxygens (including phenoxy) is 1. The summed E-state index contributed by atoms with van der Waals surface area (Å²) in [6.45, 7) is 17.8. The SMILES string of the molecule is C[C@@H](CC(C=O)C(C)(C)C)CC1(NC(=O)NCC(=O)N2CC3C(C)(C)C34CC24C(=O)NC(CC2CC2)C(=O)C(=O)NCCC(=O)OC(C)(C)C)CCCCC1. The van der Waals surface area contributed by atoms with E-state index in [1.54, 1.807) is 25.7 Å². The van der Waals surface area contributed by atoms with Gasteiger partial charge in [-0.1, -0.05) is 73.6 Å². The predicted molar refractivity (Wildman–Crippen MR) is 206 cm³/mol. The third kappa shape index (κ3) is 8.90. The van der Waals surface area contributed by atoms with Crippen LogP contribution in [0.5, 0.6) is 0 Å². The van der Waals surface area contributed by atoms with Gasteiger partial charge in [0.05, 0.1) is 19.0 Å². The Morgan fingerprint density at radius 3 is 2.16 bits per heavy atom. The Kier molecular flexibility index (Phi) is 12.0. The maximum absolute atomic E-state index is 14.4. The van der Waals surface area contributed by atoms with Crippen molar-refractivity contribution in [3.05, 3.63) is 0 Å². The molecule has 6 atom stereocenters. The molecule has 5 unspecified atom stereocenters. The highest BCUT2D eigenvalue weighted by atomic mass is 16.6. The molecule has 0 aromatic carbocycles. The smallest absolute Gasteiger partial charge is 0.315 e. The van der Waals surface area contributed by atoms with E-state index in [1.165, 1.54) is 0 Å². The predicted octanol–water partition coefficient (Wildman–Crippen LogP) is 4.60. The number of aldehydes is 1. The van der Waals surface area contributed by atoms with Crippen LogP contribution in [0.4, 0.5) is 4.79 Å². The molecule has 5 amide bonds. The van der Waals surface area contributed by atoms with E-state index in [9.17, 15) is 33.6 Å². The Labute approximate surface area is 327 Å². The lowest BCUT2D eigenvalue weighted by molar-refractivity contribution is -0.154. The molecule has 1 saturated heterocycles. The zero-order valence-electron chi connectivity index (χ0n) is 34.8. The van der Waals surface area contributed by atoms with E-state index in [2.05, 4.69) is 62.8 Å². The summed E-state index contributed by atoms with van der Waals surface area (Å²) >= 11 is 0. The standard InChI is InChI=1S/C42H67N5O8/c1-26(19-28(24-48)37(2,3)4)21-40(16-11-10-12-17-40)46-36(54)44-22-31(49)47-23-30-39(8,9)41(30)25-42(41,47)35(53)45-29(20-27-13-14-27)33(51)34(52)43-18-15-32(50)55-38(5,6)7/h24,26-30H,10-23,25H2,1-9H3,(H,43,52)(H,45,53)(H2,44,46,54)/t26-,28?,29?,30?,41?,42?/m0/s1. The van der Waals surface area contributed by atoms with Crippen LogP contribution in [0, 0.1) is 39.9 Å². The molecular formula is C42H67N5O8. The zero-order chi connectivity index (χ0) is 40.8. The fraction of sp³-hybridized carbons (Fsp3) is 0.833. The van der Waals surface area contributed by atoms with Crippen LogP contribution in [0.15, 0.2) is 0 Å². The number of carbonyl (C=O) groups is 7. The average molecular weight is 770 g/mol. The van der Waals surface area contributed by atoms with Crippen molar-refractivity contribution in [3.8, 4) is 0 Å². The summed E-state index contributed by atoms with van der Waals surface area (Å²) in [5.74, 6) is -2.50. The molecule has 0 bridgehead atoms. The number of Topliss-reactive ketones (excluding diaryl/α,β-unsaturated/α-hetero) is 1. The van der Waals surface area contributed by atoms with Crippen molar-refractivity contribution in [1.29, 1.82) is 0 Å². The third-order valence-electron chi connectivity index (χ3n) is 13.6. The maximum Gasteiger partial charge on any atom is 0.315 e. The lowest BCUT2D eigenvalue weighted by Gasteiger charge is -2.41. The molecule has 1 aliphatic heterocycles. The van der Waals surface area contributed by atoms with Crippen LogP contribution in [0.25, 0.3) is 0 Å². The molecule has 4 N–H and O–H groups in total. The summed E-state index contributed by atoms with van der Waals surface area (Å²) in [6.07, 6.45) is 9.76. The van der Waals surface area contributed by atoms with Crippen molar-refractivity contribution >= 4 is 41.8 Å². The molecule has 13 nitrogen and oxygen atoms in total. The molecule has 0 aromatic rings. The third-order valence-corrected chi connectivity index (χ3v) is 13.6. The van der Waals surface area contributed by atoms with Crippen molar-refractivity contribution < 1.29 is 38.3 Å². The van der Waals surface area contributed by atoms with Crippen LogP contribution in [0.2, 0.25) is 0 Å². The first-order valence-corrected chi connectivity index (χ1v) is 20.7. The molecule has 5 aliphatic rings. The van der Waals surface area contributed by atoms with Crippen molar-refractivity contribution in [2.45, 2.75) is 162 Å². The molecule has 0 aromatic heterocycles. The second-order valence-electron chi connectivity index (χ2n) is 20.3. The normalized spacial score (nSPS) is 27.6. The van der Waals surface area contributed by atoms with E-state index in [1.807, 2.05) is 0 Å². The Bertz CT molecular complexity index is 1540. The fourth-order valence-corrected chi connectivity index (χ4v) is 10.3. The zero-order valence-corrected chi connectivity index (χ0v) is 34.8. The maximum atomic E-state index is 14.4. The van der Waals surface area contributed by atoms with Crippen LogP contribution in [0.1, 0.15) is 139 Å². The molecule has 1 spiro atoms. The first kappa shape index (κ1) is 42.6. The summed E-state index contributed by atoms with van der Waals surface area (Å²) in [5, 5.41) is 11.5. The molecule has 0 radical (unpaired) electrons. The second-order valence-corrected chi connectivity index (χ2v) is 20.3. The number of hydrogen-bond donors (Lipinski definition) is 4. The van der Waals surface area contributed by atoms with Crippen molar-refractivity contribution in [2.75, 3.05) is 19.6 Å². The summed E-state index contributed by atoms with van der Waals surface area (Å²) in [6, 6.07) is -1.48. The number of ketones is 1. The van der Waals surface area contributed by atoms with Crippen LogP contribution in [-0.2, 0) is 33.5 Å². The lowest BCUT2D eigenvalue weighted by atomic mass is 9.71. The van der Waals surface area contributed by atoms with Gasteiger partial charge >= 0.3 is 12.0 Å². The Balaban J connectivity index is 1.21. The Hall–Kier alpha value is -3.51. The number of nitrogens with zero attached hydrogens (tertiary/aromatic N) is 1. The number of rotatable bonds is 17. The molecule has 5 rings (SSSR count). The number of nitrogens with one attached hydrogen (secondary N) is 4. The molecule has 55 heavy (non-hydrogen) atoms. The first-order chi connectivity index (χ1) is 25.5. The van der Waals surface area contributed by atoms with Crippen molar-refractivity contribution in [1.82, 2.24) is 26.2 Å². The van der Waals surface area contributed by atoms with Crippen LogP contribution in [0.3, 0.4) is 0 Å². The first-order valence-electron chi connectivity index (χ1n) is 20.7. The Morgan fingerprint density at radius 2 is 1.60 bits per heavy atom. The molecule has 4 aliphatic carbocycles. The minimum atomic E-state index is -1.16. The lowest BCUT2D eigenvalue weighted by Crippen LogP contribution is -2.59. The largest absolute Gasteiger partial charge is 0.460 e. The van der Waals surface area contributed by atoms with Gasteiger partial charge in [0.2, 0.25) is 17.6 Å². The monoisotopic (exact) mass is 769 g/mol. The van der Waals surface area contributed by atoms with Crippen molar-refractivity contribution in [3.63, 3.8) is 0 Å². The van der Waals surface area contributed by atoms with Crippen LogP contribution >= 0.6 is 0 Å². The van der Waals surface area contributed by atoms with Gasteiger partial charge in [0, 0.05) is 30.0 Å². The minimum Gasteiger partial charge on any atom is -0.460 e. The molecule has 1 heterocycles. The molecule has 308 valence electrons. The highest BCUT2D eigenvalue weighted by Gasteiger charge is 2.97. The van der Waals surface area contributed by atoms with Gasteiger partial charge in [0.15, 0.2) is 0 Å². The number of hydrogen-bond acceptors (Lipinski definition) is 8. The van der Waals surface area contributed by atoms with E-state index >= 15 is 0 Å². The summed E-state index contributed by atoms with van der Waals surface area (Å²) in [5.41, 5.74) is -3.00. The van der Waals surface area contributed by atoms with E-state index in [-0.39, 0.29) is 59.9 Å². The Morgan fingerprint density at radius 1 is 0.945 bits per heavy atom.